The van der Waals surface area contributed by atoms with Crippen LogP contribution in [0.3, 0.4) is 0 Å². The van der Waals surface area contributed by atoms with Gasteiger partial charge in [-0.25, -0.2) is 0 Å². The minimum absolute atomic E-state index is 0.173. The minimum Gasteiger partial charge on any atom is -0.387 e. The second-order valence-electron chi connectivity index (χ2n) is 6.69. The molecule has 1 unspecified atom stereocenters. The summed E-state index contributed by atoms with van der Waals surface area (Å²) in [5.74, 6) is 0.173. The molecule has 24 heavy (non-hydrogen) atoms. The van der Waals surface area contributed by atoms with Crippen LogP contribution in [0.25, 0.3) is 0 Å². The summed E-state index contributed by atoms with van der Waals surface area (Å²) in [5.41, 5.74) is 1.71. The van der Waals surface area contributed by atoms with Crippen molar-refractivity contribution in [2.24, 2.45) is 0 Å². The number of hydrogen-bond donors (Lipinski definition) is 1. The summed E-state index contributed by atoms with van der Waals surface area (Å²) in [7, 11) is 1.87. The van der Waals surface area contributed by atoms with Crippen LogP contribution >= 0.6 is 0 Å². The van der Waals surface area contributed by atoms with Gasteiger partial charge >= 0.3 is 0 Å². The van der Waals surface area contributed by atoms with E-state index in [2.05, 4.69) is 15.1 Å². The number of hydrogen-bond acceptors (Lipinski definition) is 4. The molecule has 1 aromatic rings. The van der Waals surface area contributed by atoms with Gasteiger partial charge in [-0.1, -0.05) is 12.1 Å². The van der Waals surface area contributed by atoms with Crippen molar-refractivity contribution in [3.63, 3.8) is 0 Å². The van der Waals surface area contributed by atoms with E-state index in [0.717, 1.165) is 69.9 Å². The molecule has 3 rings (SSSR count). The van der Waals surface area contributed by atoms with Gasteiger partial charge in [-0.3, -0.25) is 9.69 Å². The molecule has 2 aliphatic heterocycles. The number of rotatable bonds is 5. The summed E-state index contributed by atoms with van der Waals surface area (Å²) >= 11 is 0. The fourth-order valence-electron chi connectivity index (χ4n) is 3.77. The Morgan fingerprint density at radius 1 is 1.21 bits per heavy atom. The highest BCUT2D eigenvalue weighted by Crippen LogP contribution is 2.25. The Morgan fingerprint density at radius 2 is 2.00 bits per heavy atom. The number of morpholine rings is 1. The second kappa shape index (κ2) is 8.49. The Labute approximate surface area is 145 Å². The van der Waals surface area contributed by atoms with Crippen LogP contribution in [-0.4, -0.2) is 68.2 Å². The zero-order chi connectivity index (χ0) is 16.8. The number of ether oxygens (including phenoxy) is 1. The fraction of sp³-hybridized carbons (Fsp3) is 0.632. The first-order valence-electron chi connectivity index (χ1n) is 9.17. The van der Waals surface area contributed by atoms with Gasteiger partial charge in [-0.05, 0) is 37.8 Å². The average molecular weight is 331 g/mol. The Hall–Kier alpha value is -1.59. The summed E-state index contributed by atoms with van der Waals surface area (Å²) < 4.78 is 5.42. The number of nitrogens with one attached hydrogen (secondary N) is 1. The zero-order valence-corrected chi connectivity index (χ0v) is 14.7. The lowest BCUT2D eigenvalue weighted by atomic mass is 9.97. The lowest BCUT2D eigenvalue weighted by molar-refractivity contribution is 0.0296. The molecule has 2 aliphatic rings. The Bertz CT molecular complexity index is 543. The second-order valence-corrected chi connectivity index (χ2v) is 6.69. The number of piperidine rings is 1. The predicted molar refractivity (Wildman–Crippen MR) is 96.5 cm³/mol. The molecular formula is C19H29N3O2. The number of carbonyl (C=O) groups excluding carboxylic acids is 1. The smallest absolute Gasteiger partial charge is 0.256 e. The molecule has 0 saturated carbocycles. The molecule has 0 bridgehead atoms. The maximum atomic E-state index is 13.1. The van der Waals surface area contributed by atoms with Crippen molar-refractivity contribution in [1.29, 1.82) is 0 Å². The molecule has 2 fully saturated rings. The molecule has 0 spiro atoms. The summed E-state index contributed by atoms with van der Waals surface area (Å²) in [4.78, 5) is 17.7. The van der Waals surface area contributed by atoms with Gasteiger partial charge in [0.25, 0.3) is 5.91 Å². The van der Waals surface area contributed by atoms with E-state index in [1.165, 1.54) is 6.42 Å². The van der Waals surface area contributed by atoms with Gasteiger partial charge in [0.15, 0.2) is 0 Å². The van der Waals surface area contributed by atoms with Crippen molar-refractivity contribution >= 4 is 11.6 Å². The van der Waals surface area contributed by atoms with Crippen molar-refractivity contribution < 1.29 is 9.53 Å². The van der Waals surface area contributed by atoms with E-state index in [9.17, 15) is 4.79 Å². The Kier molecular flexibility index (Phi) is 6.10. The fourth-order valence-corrected chi connectivity index (χ4v) is 3.77. The number of nitrogens with zero attached hydrogens (tertiary/aromatic N) is 2. The van der Waals surface area contributed by atoms with Crippen LogP contribution in [0.2, 0.25) is 0 Å². The lowest BCUT2D eigenvalue weighted by Gasteiger charge is -2.38. The monoisotopic (exact) mass is 331 g/mol. The average Bonchev–Trinajstić information content (AvgIpc) is 2.67. The molecule has 1 N–H and O–H groups in total. The lowest BCUT2D eigenvalue weighted by Crippen LogP contribution is -2.46. The van der Waals surface area contributed by atoms with Crippen LogP contribution in [0, 0.1) is 0 Å². The van der Waals surface area contributed by atoms with Gasteiger partial charge in [0.1, 0.15) is 0 Å². The van der Waals surface area contributed by atoms with E-state index in [1.54, 1.807) is 0 Å². The molecule has 0 aromatic heterocycles. The van der Waals surface area contributed by atoms with E-state index in [0.29, 0.717) is 6.04 Å². The molecule has 1 atom stereocenters. The van der Waals surface area contributed by atoms with Crippen LogP contribution in [0.5, 0.6) is 0 Å². The largest absolute Gasteiger partial charge is 0.387 e. The third kappa shape index (κ3) is 4.08. The third-order valence-corrected chi connectivity index (χ3v) is 5.20. The molecule has 0 aliphatic carbocycles. The Morgan fingerprint density at radius 3 is 2.79 bits per heavy atom. The zero-order valence-electron chi connectivity index (χ0n) is 14.7. The first kappa shape index (κ1) is 17.2. The molecule has 2 saturated heterocycles. The van der Waals surface area contributed by atoms with Crippen molar-refractivity contribution in [2.45, 2.75) is 31.7 Å². The van der Waals surface area contributed by atoms with E-state index in [4.69, 9.17) is 4.74 Å². The molecule has 1 amide bonds. The summed E-state index contributed by atoms with van der Waals surface area (Å²) in [6.07, 6.45) is 4.53. The number of amides is 1. The maximum Gasteiger partial charge on any atom is 0.256 e. The first-order chi connectivity index (χ1) is 11.8. The van der Waals surface area contributed by atoms with Crippen LogP contribution < -0.4 is 5.32 Å². The van der Waals surface area contributed by atoms with Crippen LogP contribution in [0.1, 0.15) is 36.0 Å². The van der Waals surface area contributed by atoms with Gasteiger partial charge in [0, 0.05) is 45.0 Å². The quantitative estimate of drug-likeness (QED) is 0.900. The Balaban J connectivity index is 1.65. The summed E-state index contributed by atoms with van der Waals surface area (Å²) in [6, 6.07) is 8.18. The summed E-state index contributed by atoms with van der Waals surface area (Å²) in [6.45, 7) is 5.65. The van der Waals surface area contributed by atoms with E-state index in [-0.39, 0.29) is 5.91 Å². The SMILES string of the molecule is CNc1ccccc1C(=O)N1CCCCC1CCN1CCOCC1. The minimum atomic E-state index is 0.173. The van der Waals surface area contributed by atoms with Gasteiger partial charge in [0.05, 0.1) is 18.8 Å². The van der Waals surface area contributed by atoms with Gasteiger partial charge < -0.3 is 15.0 Å². The van der Waals surface area contributed by atoms with Gasteiger partial charge in [-0.15, -0.1) is 0 Å². The molecule has 1 aromatic carbocycles. The molecule has 2 heterocycles. The van der Waals surface area contributed by atoms with Gasteiger partial charge in [0.2, 0.25) is 0 Å². The van der Waals surface area contributed by atoms with Crippen LogP contribution in [0.15, 0.2) is 24.3 Å². The van der Waals surface area contributed by atoms with Crippen molar-refractivity contribution in [3.8, 4) is 0 Å². The molecular weight excluding hydrogens is 302 g/mol. The molecule has 132 valence electrons. The highest BCUT2D eigenvalue weighted by atomic mass is 16.5. The molecule has 5 nitrogen and oxygen atoms in total. The van der Waals surface area contributed by atoms with Crippen LogP contribution in [0.4, 0.5) is 5.69 Å². The van der Waals surface area contributed by atoms with Crippen LogP contribution in [-0.2, 0) is 4.74 Å². The normalized spacial score (nSPS) is 22.4. The van der Waals surface area contributed by atoms with E-state index < -0.39 is 0 Å². The van der Waals surface area contributed by atoms with E-state index >= 15 is 0 Å². The number of benzene rings is 1. The number of likely N-dealkylation sites (tertiary alicyclic amines) is 1. The van der Waals surface area contributed by atoms with Crippen molar-refractivity contribution in [2.75, 3.05) is 51.8 Å². The maximum absolute atomic E-state index is 13.1. The highest BCUT2D eigenvalue weighted by Gasteiger charge is 2.28. The summed E-state index contributed by atoms with van der Waals surface area (Å²) in [5, 5.41) is 3.14. The first-order valence-corrected chi connectivity index (χ1v) is 9.17. The topological polar surface area (TPSA) is 44.8 Å². The van der Waals surface area contributed by atoms with Crippen molar-refractivity contribution in [3.05, 3.63) is 29.8 Å². The third-order valence-electron chi connectivity index (χ3n) is 5.20. The molecule has 0 radical (unpaired) electrons. The number of anilines is 1. The molecule has 5 heteroatoms. The predicted octanol–water partition coefficient (Wildman–Crippen LogP) is 2.45. The number of carbonyl (C=O) groups is 1. The van der Waals surface area contributed by atoms with E-state index in [1.807, 2.05) is 31.3 Å². The van der Waals surface area contributed by atoms with Gasteiger partial charge in [-0.2, -0.15) is 0 Å². The highest BCUT2D eigenvalue weighted by molar-refractivity contribution is 5.99. The number of para-hydroxylation sites is 1. The van der Waals surface area contributed by atoms with Crippen molar-refractivity contribution in [1.82, 2.24) is 9.80 Å². The standard InChI is InChI=1S/C19H29N3O2/c1-20-18-8-3-2-7-17(18)19(23)22-10-5-4-6-16(22)9-11-21-12-14-24-15-13-21/h2-3,7-8,16,20H,4-6,9-15H2,1H3.